The van der Waals surface area contributed by atoms with Crippen LogP contribution in [-0.2, 0) is 17.8 Å². The zero-order chi connectivity index (χ0) is 27.9. The van der Waals surface area contributed by atoms with Crippen LogP contribution in [0.3, 0.4) is 0 Å². The molecule has 0 spiro atoms. The van der Waals surface area contributed by atoms with E-state index in [1.807, 2.05) is 49.4 Å². The first kappa shape index (κ1) is 27.8. The number of aromatic nitrogens is 3. The van der Waals surface area contributed by atoms with Gasteiger partial charge in [0, 0.05) is 25.5 Å². The molecule has 4 rings (SSSR count). The summed E-state index contributed by atoms with van der Waals surface area (Å²) in [6.07, 6.45) is 3.51. The largest absolute Gasteiger partial charge is 0.511 e. The number of hydrogen-bond donors (Lipinski definition) is 1. The highest BCUT2D eigenvalue weighted by molar-refractivity contribution is 5.94. The van der Waals surface area contributed by atoms with Crippen LogP contribution in [0.4, 0.5) is 10.5 Å². The minimum Gasteiger partial charge on any atom is -0.449 e. The Balaban J connectivity index is 1.69. The Hall–Kier alpha value is -4.20. The summed E-state index contributed by atoms with van der Waals surface area (Å²) in [4.78, 5) is 35.3. The standard InChI is InChI=1S/C31H36N4O4/c1-5-7-13-29-33-26-19-27(34(22(4)36)18-8-6-2)21(3)32-30(26)35(29)20-23-14-16-24(17-15-23)25-11-9-10-12-28(25)39-31(37)38/h9-12,14-17,19H,5-8,13,18,20H2,1-4H3,(H,37,38). The van der Waals surface area contributed by atoms with Gasteiger partial charge < -0.3 is 19.3 Å². The second kappa shape index (κ2) is 12.6. The Morgan fingerprint density at radius 3 is 2.38 bits per heavy atom. The smallest absolute Gasteiger partial charge is 0.449 e. The number of para-hydroxylation sites is 1. The van der Waals surface area contributed by atoms with Gasteiger partial charge in [-0.3, -0.25) is 4.79 Å². The van der Waals surface area contributed by atoms with Gasteiger partial charge in [-0.1, -0.05) is 69.2 Å². The molecule has 8 heteroatoms. The lowest BCUT2D eigenvalue weighted by Crippen LogP contribution is -2.30. The van der Waals surface area contributed by atoms with Crippen molar-refractivity contribution in [3.05, 3.63) is 71.7 Å². The fraction of sp³-hybridized carbons (Fsp3) is 0.355. The van der Waals surface area contributed by atoms with E-state index in [4.69, 9.17) is 19.8 Å². The van der Waals surface area contributed by atoms with Gasteiger partial charge in [-0.25, -0.2) is 14.8 Å². The predicted molar refractivity (Wildman–Crippen MR) is 153 cm³/mol. The lowest BCUT2D eigenvalue weighted by atomic mass is 10.0. The summed E-state index contributed by atoms with van der Waals surface area (Å²) in [5.41, 5.74) is 5.89. The highest BCUT2D eigenvalue weighted by atomic mass is 16.7. The molecule has 0 saturated heterocycles. The summed E-state index contributed by atoms with van der Waals surface area (Å²) in [5.74, 6) is 1.28. The molecule has 1 amide bonds. The summed E-state index contributed by atoms with van der Waals surface area (Å²) in [7, 11) is 0. The number of amides is 1. The van der Waals surface area contributed by atoms with Gasteiger partial charge in [0.2, 0.25) is 5.91 Å². The number of nitrogens with zero attached hydrogens (tertiary/aromatic N) is 4. The number of anilines is 1. The number of carbonyl (C=O) groups is 2. The molecule has 0 aliphatic carbocycles. The summed E-state index contributed by atoms with van der Waals surface area (Å²) >= 11 is 0. The molecule has 204 valence electrons. The van der Waals surface area contributed by atoms with Crippen LogP contribution in [0, 0.1) is 6.92 Å². The van der Waals surface area contributed by atoms with Crippen molar-refractivity contribution in [2.45, 2.75) is 66.3 Å². The molecular formula is C31H36N4O4. The molecule has 0 aliphatic rings. The summed E-state index contributed by atoms with van der Waals surface area (Å²) in [6, 6.07) is 17.1. The van der Waals surface area contributed by atoms with E-state index in [2.05, 4.69) is 18.4 Å². The van der Waals surface area contributed by atoms with Crippen LogP contribution in [0.1, 0.15) is 63.5 Å². The highest BCUT2D eigenvalue weighted by Gasteiger charge is 2.19. The number of carbonyl (C=O) groups excluding carboxylic acids is 1. The van der Waals surface area contributed by atoms with Crippen molar-refractivity contribution in [3.63, 3.8) is 0 Å². The fourth-order valence-electron chi connectivity index (χ4n) is 4.76. The molecular weight excluding hydrogens is 492 g/mol. The Morgan fingerprint density at radius 2 is 1.72 bits per heavy atom. The van der Waals surface area contributed by atoms with Crippen LogP contribution >= 0.6 is 0 Å². The molecule has 0 unspecified atom stereocenters. The average Bonchev–Trinajstić information content (AvgIpc) is 3.23. The van der Waals surface area contributed by atoms with Crippen LogP contribution in [0.25, 0.3) is 22.3 Å². The number of hydrogen-bond acceptors (Lipinski definition) is 5. The van der Waals surface area contributed by atoms with Crippen molar-refractivity contribution in [1.82, 2.24) is 14.5 Å². The van der Waals surface area contributed by atoms with Gasteiger partial charge in [0.05, 0.1) is 17.9 Å². The van der Waals surface area contributed by atoms with Crippen molar-refractivity contribution < 1.29 is 19.4 Å². The molecule has 39 heavy (non-hydrogen) atoms. The lowest BCUT2D eigenvalue weighted by molar-refractivity contribution is -0.116. The van der Waals surface area contributed by atoms with Crippen LogP contribution < -0.4 is 9.64 Å². The van der Waals surface area contributed by atoms with Crippen molar-refractivity contribution in [2.24, 2.45) is 0 Å². The minimum atomic E-state index is -1.34. The number of pyridine rings is 1. The Kier molecular flexibility index (Phi) is 8.96. The van der Waals surface area contributed by atoms with Crippen LogP contribution in [-0.4, -0.2) is 38.2 Å². The van der Waals surface area contributed by atoms with Gasteiger partial charge >= 0.3 is 6.16 Å². The van der Waals surface area contributed by atoms with Gasteiger partial charge in [-0.15, -0.1) is 0 Å². The van der Waals surface area contributed by atoms with Crippen molar-refractivity contribution in [3.8, 4) is 16.9 Å². The van der Waals surface area contributed by atoms with Gasteiger partial charge in [0.1, 0.15) is 17.1 Å². The van der Waals surface area contributed by atoms with E-state index in [1.165, 1.54) is 0 Å². The monoisotopic (exact) mass is 528 g/mol. The molecule has 0 bridgehead atoms. The molecule has 4 aromatic rings. The first-order valence-corrected chi connectivity index (χ1v) is 13.6. The van der Waals surface area contributed by atoms with Crippen molar-refractivity contribution >= 4 is 28.9 Å². The van der Waals surface area contributed by atoms with Gasteiger partial charge in [-0.2, -0.15) is 0 Å². The Bertz CT molecular complexity index is 1460. The SMILES string of the molecule is CCCCc1nc2cc(N(CCCC)C(C)=O)c(C)nc2n1Cc1ccc(-c2ccccc2OC(=O)O)cc1. The van der Waals surface area contributed by atoms with E-state index in [0.29, 0.717) is 24.4 Å². The number of unbranched alkanes of at least 4 members (excludes halogenated alkanes) is 2. The fourth-order valence-corrected chi connectivity index (χ4v) is 4.76. The minimum absolute atomic E-state index is 0.00811. The first-order valence-electron chi connectivity index (χ1n) is 13.6. The molecule has 0 fully saturated rings. The molecule has 0 aliphatic heterocycles. The highest BCUT2D eigenvalue weighted by Crippen LogP contribution is 2.31. The maximum absolute atomic E-state index is 12.4. The normalized spacial score (nSPS) is 11.1. The quantitative estimate of drug-likeness (QED) is 0.166. The van der Waals surface area contributed by atoms with Crippen molar-refractivity contribution in [2.75, 3.05) is 11.4 Å². The lowest BCUT2D eigenvalue weighted by Gasteiger charge is -2.22. The number of fused-ring (bicyclic) bond motifs is 1. The van der Waals surface area contributed by atoms with Gasteiger partial charge in [0.25, 0.3) is 0 Å². The van der Waals surface area contributed by atoms with E-state index in [9.17, 15) is 9.59 Å². The van der Waals surface area contributed by atoms with E-state index in [0.717, 1.165) is 71.6 Å². The second-order valence-corrected chi connectivity index (χ2v) is 9.74. The third kappa shape index (κ3) is 6.45. The third-order valence-corrected chi connectivity index (χ3v) is 6.81. The number of imidazole rings is 1. The van der Waals surface area contributed by atoms with E-state index in [-0.39, 0.29) is 5.91 Å². The molecule has 1 N–H and O–H groups in total. The van der Waals surface area contributed by atoms with Crippen LogP contribution in [0.5, 0.6) is 5.75 Å². The third-order valence-electron chi connectivity index (χ3n) is 6.81. The molecule has 2 heterocycles. The zero-order valence-electron chi connectivity index (χ0n) is 23.1. The molecule has 0 atom stereocenters. The van der Waals surface area contributed by atoms with E-state index in [1.54, 1.807) is 24.0 Å². The molecule has 0 saturated carbocycles. The Morgan fingerprint density at radius 1 is 1.00 bits per heavy atom. The molecule has 2 aromatic heterocycles. The summed E-state index contributed by atoms with van der Waals surface area (Å²) < 4.78 is 7.13. The van der Waals surface area contributed by atoms with Gasteiger partial charge in [0.15, 0.2) is 5.65 Å². The molecule has 8 nitrogen and oxygen atoms in total. The Labute approximate surface area is 229 Å². The number of carboxylic acid groups (broad SMARTS) is 1. The first-order chi connectivity index (χ1) is 18.8. The maximum atomic E-state index is 12.4. The number of aryl methyl sites for hydroxylation is 2. The van der Waals surface area contributed by atoms with Crippen molar-refractivity contribution in [1.29, 1.82) is 0 Å². The average molecular weight is 529 g/mol. The topological polar surface area (TPSA) is 97.5 Å². The molecule has 2 aromatic carbocycles. The number of benzene rings is 2. The number of rotatable bonds is 11. The number of ether oxygens (including phenoxy) is 1. The predicted octanol–water partition coefficient (Wildman–Crippen LogP) is 7.01. The maximum Gasteiger partial charge on any atom is 0.511 e. The van der Waals surface area contributed by atoms with Crippen LogP contribution in [0.15, 0.2) is 54.6 Å². The summed E-state index contributed by atoms with van der Waals surface area (Å²) in [5, 5.41) is 9.08. The summed E-state index contributed by atoms with van der Waals surface area (Å²) in [6.45, 7) is 9.09. The van der Waals surface area contributed by atoms with E-state index >= 15 is 0 Å². The zero-order valence-corrected chi connectivity index (χ0v) is 23.1. The second-order valence-electron chi connectivity index (χ2n) is 9.74. The van der Waals surface area contributed by atoms with E-state index < -0.39 is 6.16 Å². The van der Waals surface area contributed by atoms with Crippen LogP contribution in [0.2, 0.25) is 0 Å². The molecule has 0 radical (unpaired) electrons. The van der Waals surface area contributed by atoms with Gasteiger partial charge in [-0.05, 0) is 43.0 Å².